The molecule has 3 nitrogen and oxygen atoms in total. The van der Waals surface area contributed by atoms with E-state index in [9.17, 15) is 4.79 Å². The predicted octanol–water partition coefficient (Wildman–Crippen LogP) is 3.39. The minimum atomic E-state index is 0.0336. The molecule has 1 saturated heterocycles. The van der Waals surface area contributed by atoms with Gasteiger partial charge in [-0.2, -0.15) is 0 Å². The molecule has 1 heterocycles. The highest BCUT2D eigenvalue weighted by molar-refractivity contribution is 5.84. The molecule has 0 aromatic heterocycles. The Balaban J connectivity index is 2.12. The number of hydrogen-bond acceptors (Lipinski definition) is 2. The Hall–Kier alpha value is -0.570. The van der Waals surface area contributed by atoms with E-state index in [4.69, 9.17) is 0 Å². The second-order valence-corrected chi connectivity index (χ2v) is 7.57. The van der Waals surface area contributed by atoms with E-state index < -0.39 is 0 Å². The summed E-state index contributed by atoms with van der Waals surface area (Å²) in [5.41, 5.74) is 0. The molecule has 0 radical (unpaired) electrons. The molecule has 1 saturated carbocycles. The van der Waals surface area contributed by atoms with Crippen molar-refractivity contribution in [2.24, 2.45) is 17.8 Å². The third-order valence-corrected chi connectivity index (χ3v) is 5.08. The van der Waals surface area contributed by atoms with Gasteiger partial charge in [0.2, 0.25) is 5.91 Å². The first kappa shape index (κ1) is 15.8. The van der Waals surface area contributed by atoms with E-state index >= 15 is 0 Å². The zero-order valence-electron chi connectivity index (χ0n) is 13.9. The SMILES string of the molecule is CC(C)CC1NC(C(C)C)N(C(C)C2CCCC2)C1=O. The Kier molecular flexibility index (Phi) is 5.11. The van der Waals surface area contributed by atoms with Crippen LogP contribution in [0.1, 0.15) is 66.7 Å². The maximum absolute atomic E-state index is 12.8. The highest BCUT2D eigenvalue weighted by Crippen LogP contribution is 2.34. The number of carbonyl (C=O) groups is 1. The zero-order chi connectivity index (χ0) is 14.9. The van der Waals surface area contributed by atoms with E-state index in [1.54, 1.807) is 0 Å². The molecule has 20 heavy (non-hydrogen) atoms. The smallest absolute Gasteiger partial charge is 0.241 e. The lowest BCUT2D eigenvalue weighted by Gasteiger charge is -2.36. The van der Waals surface area contributed by atoms with E-state index in [-0.39, 0.29) is 12.2 Å². The largest absolute Gasteiger partial charge is 0.323 e. The van der Waals surface area contributed by atoms with E-state index in [0.29, 0.717) is 29.7 Å². The number of amides is 1. The summed E-state index contributed by atoms with van der Waals surface area (Å²) in [7, 11) is 0. The Morgan fingerprint density at radius 2 is 1.75 bits per heavy atom. The second-order valence-electron chi connectivity index (χ2n) is 7.57. The molecule has 2 aliphatic rings. The van der Waals surface area contributed by atoms with E-state index in [0.717, 1.165) is 6.42 Å². The molecule has 1 amide bonds. The number of nitrogens with one attached hydrogen (secondary N) is 1. The summed E-state index contributed by atoms with van der Waals surface area (Å²) in [5.74, 6) is 2.09. The summed E-state index contributed by atoms with van der Waals surface area (Å²) in [4.78, 5) is 15.0. The van der Waals surface area contributed by atoms with Crippen LogP contribution >= 0.6 is 0 Å². The van der Waals surface area contributed by atoms with Crippen LogP contribution in [0.15, 0.2) is 0 Å². The van der Waals surface area contributed by atoms with Gasteiger partial charge in [0.25, 0.3) is 0 Å². The van der Waals surface area contributed by atoms with Gasteiger partial charge in [-0.05, 0) is 43.9 Å². The Bertz CT molecular complexity index is 334. The van der Waals surface area contributed by atoms with Crippen molar-refractivity contribution in [3.63, 3.8) is 0 Å². The highest BCUT2D eigenvalue weighted by atomic mass is 16.2. The van der Waals surface area contributed by atoms with Crippen LogP contribution in [-0.4, -0.2) is 29.1 Å². The van der Waals surface area contributed by atoms with Crippen LogP contribution in [0.5, 0.6) is 0 Å². The average molecular weight is 280 g/mol. The fourth-order valence-electron chi connectivity index (χ4n) is 3.95. The van der Waals surface area contributed by atoms with Crippen LogP contribution in [0.4, 0.5) is 0 Å². The molecule has 3 atom stereocenters. The fraction of sp³-hybridized carbons (Fsp3) is 0.941. The van der Waals surface area contributed by atoms with Gasteiger partial charge in [0.1, 0.15) is 0 Å². The quantitative estimate of drug-likeness (QED) is 0.837. The summed E-state index contributed by atoms with van der Waals surface area (Å²) < 4.78 is 0. The van der Waals surface area contributed by atoms with Crippen LogP contribution in [0, 0.1) is 17.8 Å². The van der Waals surface area contributed by atoms with Crippen LogP contribution in [0.2, 0.25) is 0 Å². The molecule has 0 bridgehead atoms. The van der Waals surface area contributed by atoms with Gasteiger partial charge in [0.15, 0.2) is 0 Å². The predicted molar refractivity (Wildman–Crippen MR) is 83.3 cm³/mol. The number of nitrogens with zero attached hydrogens (tertiary/aromatic N) is 1. The second kappa shape index (κ2) is 6.46. The number of carbonyl (C=O) groups excluding carboxylic acids is 1. The van der Waals surface area contributed by atoms with Crippen LogP contribution in [-0.2, 0) is 4.79 Å². The van der Waals surface area contributed by atoms with Gasteiger partial charge in [-0.1, -0.05) is 40.5 Å². The van der Waals surface area contributed by atoms with Gasteiger partial charge >= 0.3 is 0 Å². The molecule has 2 rings (SSSR count). The normalized spacial score (nSPS) is 29.9. The van der Waals surface area contributed by atoms with E-state index in [2.05, 4.69) is 44.8 Å². The topological polar surface area (TPSA) is 32.3 Å². The lowest BCUT2D eigenvalue weighted by atomic mass is 9.96. The summed E-state index contributed by atoms with van der Waals surface area (Å²) >= 11 is 0. The van der Waals surface area contributed by atoms with Crippen molar-refractivity contribution in [2.45, 2.75) is 85.0 Å². The first-order chi connectivity index (χ1) is 9.41. The van der Waals surface area contributed by atoms with Crippen LogP contribution < -0.4 is 5.32 Å². The lowest BCUT2D eigenvalue weighted by Crippen LogP contribution is -2.48. The lowest BCUT2D eigenvalue weighted by molar-refractivity contribution is -0.133. The molecule has 1 aliphatic heterocycles. The highest BCUT2D eigenvalue weighted by Gasteiger charge is 2.44. The van der Waals surface area contributed by atoms with Crippen molar-refractivity contribution in [1.29, 1.82) is 0 Å². The van der Waals surface area contributed by atoms with Crippen LogP contribution in [0.3, 0.4) is 0 Å². The van der Waals surface area contributed by atoms with Crippen molar-refractivity contribution in [3.8, 4) is 0 Å². The molecule has 1 aliphatic carbocycles. The van der Waals surface area contributed by atoms with Gasteiger partial charge in [0.05, 0.1) is 12.2 Å². The minimum Gasteiger partial charge on any atom is -0.323 e. The summed E-state index contributed by atoms with van der Waals surface area (Å²) in [6.45, 7) is 11.1. The molecule has 0 aromatic carbocycles. The summed E-state index contributed by atoms with van der Waals surface area (Å²) in [6.07, 6.45) is 6.45. The van der Waals surface area contributed by atoms with Gasteiger partial charge in [0, 0.05) is 6.04 Å². The van der Waals surface area contributed by atoms with Crippen molar-refractivity contribution in [2.75, 3.05) is 0 Å². The van der Waals surface area contributed by atoms with Crippen molar-refractivity contribution in [3.05, 3.63) is 0 Å². The molecule has 0 aromatic rings. The number of rotatable bonds is 5. The Morgan fingerprint density at radius 1 is 1.15 bits per heavy atom. The zero-order valence-corrected chi connectivity index (χ0v) is 13.9. The summed E-state index contributed by atoms with van der Waals surface area (Å²) in [6, 6.07) is 0.424. The van der Waals surface area contributed by atoms with E-state index in [1.165, 1.54) is 25.7 Å². The van der Waals surface area contributed by atoms with E-state index in [1.807, 2.05) is 0 Å². The van der Waals surface area contributed by atoms with Crippen LogP contribution in [0.25, 0.3) is 0 Å². The Morgan fingerprint density at radius 3 is 2.25 bits per heavy atom. The van der Waals surface area contributed by atoms with Gasteiger partial charge in [-0.3, -0.25) is 10.1 Å². The van der Waals surface area contributed by atoms with Crippen molar-refractivity contribution < 1.29 is 4.79 Å². The molecular formula is C17H32N2O. The maximum Gasteiger partial charge on any atom is 0.241 e. The molecule has 3 unspecified atom stereocenters. The monoisotopic (exact) mass is 280 g/mol. The third-order valence-electron chi connectivity index (χ3n) is 5.08. The van der Waals surface area contributed by atoms with Crippen molar-refractivity contribution in [1.82, 2.24) is 10.2 Å². The summed E-state index contributed by atoms with van der Waals surface area (Å²) in [5, 5.41) is 3.60. The molecular weight excluding hydrogens is 248 g/mol. The first-order valence-electron chi connectivity index (χ1n) is 8.50. The number of hydrogen-bond donors (Lipinski definition) is 1. The molecule has 2 fully saturated rings. The standard InChI is InChI=1S/C17H32N2O/c1-11(2)10-15-17(20)19(16(18-15)12(3)4)13(5)14-8-6-7-9-14/h11-16,18H,6-10H2,1-5H3. The van der Waals surface area contributed by atoms with Gasteiger partial charge in [-0.25, -0.2) is 0 Å². The minimum absolute atomic E-state index is 0.0336. The van der Waals surface area contributed by atoms with Crippen molar-refractivity contribution >= 4 is 5.91 Å². The Labute approximate surface area is 124 Å². The molecule has 1 N–H and O–H groups in total. The van der Waals surface area contributed by atoms with Gasteiger partial charge < -0.3 is 4.90 Å². The molecule has 3 heteroatoms. The fourth-order valence-corrected chi connectivity index (χ4v) is 3.95. The average Bonchev–Trinajstić information content (AvgIpc) is 2.97. The molecule has 0 spiro atoms. The molecule has 116 valence electrons. The maximum atomic E-state index is 12.8. The third kappa shape index (κ3) is 3.19. The first-order valence-corrected chi connectivity index (χ1v) is 8.50. The van der Waals surface area contributed by atoms with Gasteiger partial charge in [-0.15, -0.1) is 0 Å².